The maximum absolute atomic E-state index is 5.51. The molecular formula is C10H12BBr. The molecule has 0 aliphatic carbocycles. The lowest BCUT2D eigenvalue weighted by atomic mass is 9.94. The topological polar surface area (TPSA) is 0 Å². The van der Waals surface area contributed by atoms with Gasteiger partial charge >= 0.3 is 0 Å². The molecule has 0 unspecified atom stereocenters. The van der Waals surface area contributed by atoms with E-state index in [9.17, 15) is 0 Å². The largest absolute Gasteiger partial charge is 0.0924 e. The summed E-state index contributed by atoms with van der Waals surface area (Å²) in [7, 11) is 5.51. The molecule has 62 valence electrons. The van der Waals surface area contributed by atoms with Crippen LogP contribution in [0.15, 0.2) is 24.3 Å². The first-order valence-electron chi connectivity index (χ1n) is 4.21. The first-order chi connectivity index (χ1) is 5.88. The lowest BCUT2D eigenvalue weighted by Gasteiger charge is -2.05. The van der Waals surface area contributed by atoms with E-state index in [1.165, 1.54) is 11.1 Å². The van der Waals surface area contributed by atoms with E-state index in [1.54, 1.807) is 0 Å². The molecule has 0 amide bonds. The Bertz CT molecular complexity index is 210. The zero-order valence-corrected chi connectivity index (χ0v) is 8.68. The fourth-order valence-electron chi connectivity index (χ4n) is 1.30. The highest BCUT2D eigenvalue weighted by atomic mass is 79.9. The minimum Gasteiger partial charge on any atom is -0.0924 e. The van der Waals surface area contributed by atoms with Gasteiger partial charge in [0.1, 0.15) is 0 Å². The Hall–Kier alpha value is -0.235. The number of halogens is 1. The van der Waals surface area contributed by atoms with Crippen LogP contribution in [0.4, 0.5) is 0 Å². The summed E-state index contributed by atoms with van der Waals surface area (Å²) in [5.74, 6) is 0. The van der Waals surface area contributed by atoms with Crippen molar-refractivity contribution in [2.45, 2.75) is 19.2 Å². The monoisotopic (exact) mass is 222 g/mol. The van der Waals surface area contributed by atoms with Gasteiger partial charge in [-0.1, -0.05) is 46.5 Å². The molecule has 0 saturated heterocycles. The van der Waals surface area contributed by atoms with Gasteiger partial charge in [-0.3, -0.25) is 0 Å². The predicted molar refractivity (Wildman–Crippen MR) is 58.2 cm³/mol. The number of aryl methyl sites for hydroxylation is 2. The molecule has 0 heterocycles. The van der Waals surface area contributed by atoms with Crippen molar-refractivity contribution in [1.82, 2.24) is 0 Å². The lowest BCUT2D eigenvalue weighted by Crippen LogP contribution is -1.94. The summed E-state index contributed by atoms with van der Waals surface area (Å²) in [5.41, 5.74) is 2.80. The standard InChI is InChI=1S/C10H12BBr/c11-7-5-9-3-1-2-4-10(9)6-8-12/h1-4H,5-8H2. The summed E-state index contributed by atoms with van der Waals surface area (Å²) in [6, 6.07) is 8.48. The van der Waals surface area contributed by atoms with Gasteiger partial charge in [0.05, 0.1) is 7.85 Å². The zero-order valence-electron chi connectivity index (χ0n) is 7.09. The zero-order chi connectivity index (χ0) is 8.81. The lowest BCUT2D eigenvalue weighted by molar-refractivity contribution is 1.05. The molecule has 0 spiro atoms. The van der Waals surface area contributed by atoms with Gasteiger partial charge in [0, 0.05) is 5.33 Å². The van der Waals surface area contributed by atoms with Crippen molar-refractivity contribution in [3.8, 4) is 0 Å². The number of benzene rings is 1. The third kappa shape index (κ3) is 2.67. The van der Waals surface area contributed by atoms with Crippen molar-refractivity contribution in [2.75, 3.05) is 5.33 Å². The average molecular weight is 223 g/mol. The molecule has 12 heavy (non-hydrogen) atoms. The van der Waals surface area contributed by atoms with E-state index in [4.69, 9.17) is 7.85 Å². The molecule has 0 saturated carbocycles. The molecule has 0 aliphatic heterocycles. The van der Waals surface area contributed by atoms with E-state index >= 15 is 0 Å². The van der Waals surface area contributed by atoms with Gasteiger partial charge in [0.25, 0.3) is 0 Å². The van der Waals surface area contributed by atoms with E-state index in [0.29, 0.717) is 0 Å². The third-order valence-electron chi connectivity index (χ3n) is 1.90. The van der Waals surface area contributed by atoms with Crippen LogP contribution in [0.3, 0.4) is 0 Å². The molecule has 2 heteroatoms. The summed E-state index contributed by atoms with van der Waals surface area (Å²) in [6.45, 7) is 0. The average Bonchev–Trinajstić information content (AvgIpc) is 2.09. The Kier molecular flexibility index (Phi) is 4.45. The molecule has 0 aliphatic rings. The maximum atomic E-state index is 5.51. The first-order valence-corrected chi connectivity index (χ1v) is 5.33. The summed E-state index contributed by atoms with van der Waals surface area (Å²) < 4.78 is 0. The molecule has 0 aromatic heterocycles. The number of hydrogen-bond donors (Lipinski definition) is 0. The van der Waals surface area contributed by atoms with Crippen LogP contribution < -0.4 is 0 Å². The van der Waals surface area contributed by atoms with Crippen molar-refractivity contribution in [1.29, 1.82) is 0 Å². The fraction of sp³-hybridized carbons (Fsp3) is 0.400. The first kappa shape index (κ1) is 9.85. The van der Waals surface area contributed by atoms with Crippen LogP contribution in [0.1, 0.15) is 11.1 Å². The molecule has 1 aromatic rings. The number of alkyl halides is 1. The van der Waals surface area contributed by atoms with E-state index in [-0.39, 0.29) is 0 Å². The highest BCUT2D eigenvalue weighted by molar-refractivity contribution is 9.09. The predicted octanol–water partition coefficient (Wildman–Crippen LogP) is 2.75. The van der Waals surface area contributed by atoms with E-state index in [2.05, 4.69) is 40.2 Å². The Morgan fingerprint density at radius 2 is 1.67 bits per heavy atom. The number of hydrogen-bond acceptors (Lipinski definition) is 0. The number of rotatable bonds is 4. The second-order valence-electron chi connectivity index (χ2n) is 2.75. The second kappa shape index (κ2) is 5.42. The maximum Gasteiger partial charge on any atom is 0.0657 e. The van der Waals surface area contributed by atoms with Gasteiger partial charge in [-0.25, -0.2) is 0 Å². The van der Waals surface area contributed by atoms with Crippen molar-refractivity contribution < 1.29 is 0 Å². The van der Waals surface area contributed by atoms with Crippen molar-refractivity contribution >= 4 is 23.8 Å². The quantitative estimate of drug-likeness (QED) is 0.543. The van der Waals surface area contributed by atoms with E-state index in [1.807, 2.05) is 0 Å². The van der Waals surface area contributed by atoms with Crippen molar-refractivity contribution in [3.05, 3.63) is 35.4 Å². The van der Waals surface area contributed by atoms with Crippen LogP contribution in [0.2, 0.25) is 6.32 Å². The molecule has 1 rings (SSSR count). The minimum absolute atomic E-state index is 0.735. The molecule has 0 bridgehead atoms. The molecule has 0 N–H and O–H groups in total. The van der Waals surface area contributed by atoms with Gasteiger partial charge in [0.15, 0.2) is 0 Å². The van der Waals surface area contributed by atoms with Crippen LogP contribution in [0.5, 0.6) is 0 Å². The highest BCUT2D eigenvalue weighted by Gasteiger charge is 1.98. The van der Waals surface area contributed by atoms with Gasteiger partial charge in [-0.15, -0.1) is 0 Å². The van der Waals surface area contributed by atoms with Gasteiger partial charge in [-0.05, 0) is 24.0 Å². The SMILES string of the molecule is [B]CCc1ccccc1CCBr. The van der Waals surface area contributed by atoms with E-state index in [0.717, 1.165) is 24.5 Å². The Labute approximate surface area is 83.9 Å². The smallest absolute Gasteiger partial charge is 0.0657 e. The summed E-state index contributed by atoms with van der Waals surface area (Å²) >= 11 is 3.44. The fourth-order valence-corrected chi connectivity index (χ4v) is 1.73. The minimum atomic E-state index is 0.735. The normalized spacial score (nSPS) is 10.1. The van der Waals surface area contributed by atoms with Crippen molar-refractivity contribution in [2.24, 2.45) is 0 Å². The summed E-state index contributed by atoms with van der Waals surface area (Å²) in [4.78, 5) is 0. The molecule has 0 atom stereocenters. The van der Waals surface area contributed by atoms with Gasteiger partial charge in [0.2, 0.25) is 0 Å². The van der Waals surface area contributed by atoms with Crippen LogP contribution in [-0.2, 0) is 12.8 Å². The summed E-state index contributed by atoms with van der Waals surface area (Å²) in [6.07, 6.45) is 2.82. The molecule has 0 fully saturated rings. The van der Waals surface area contributed by atoms with Crippen LogP contribution in [0.25, 0.3) is 0 Å². The highest BCUT2D eigenvalue weighted by Crippen LogP contribution is 2.12. The van der Waals surface area contributed by atoms with E-state index < -0.39 is 0 Å². The molecule has 0 nitrogen and oxygen atoms in total. The summed E-state index contributed by atoms with van der Waals surface area (Å²) in [5, 5.41) is 1.02. The molecular weight excluding hydrogens is 211 g/mol. The van der Waals surface area contributed by atoms with Crippen LogP contribution in [0, 0.1) is 0 Å². The Morgan fingerprint density at radius 1 is 1.08 bits per heavy atom. The van der Waals surface area contributed by atoms with Crippen LogP contribution >= 0.6 is 15.9 Å². The molecule has 1 aromatic carbocycles. The van der Waals surface area contributed by atoms with Gasteiger partial charge < -0.3 is 0 Å². The van der Waals surface area contributed by atoms with Gasteiger partial charge in [-0.2, -0.15) is 0 Å². The second-order valence-corrected chi connectivity index (χ2v) is 3.54. The Morgan fingerprint density at radius 3 is 2.17 bits per heavy atom. The van der Waals surface area contributed by atoms with Crippen LogP contribution in [-0.4, -0.2) is 13.2 Å². The van der Waals surface area contributed by atoms with Crippen molar-refractivity contribution in [3.63, 3.8) is 0 Å². The third-order valence-corrected chi connectivity index (χ3v) is 2.29. The Balaban J connectivity index is 2.77. The molecule has 2 radical (unpaired) electrons.